The van der Waals surface area contributed by atoms with E-state index in [1.54, 1.807) is 27.8 Å². The van der Waals surface area contributed by atoms with Crippen LogP contribution < -0.4 is 10.1 Å². The molecule has 142 valence electrons. The molecular formula is C18H31N3O3S. The lowest BCUT2D eigenvalue weighted by atomic mass is 10.2. The second kappa shape index (κ2) is 9.08. The van der Waals surface area contributed by atoms with Gasteiger partial charge < -0.3 is 15.0 Å². The minimum atomic E-state index is -3.15. The molecule has 0 aliphatic rings. The van der Waals surface area contributed by atoms with Gasteiger partial charge in [0.2, 0.25) is 0 Å². The fourth-order valence-corrected chi connectivity index (χ4v) is 3.09. The highest BCUT2D eigenvalue weighted by Crippen LogP contribution is 2.16. The van der Waals surface area contributed by atoms with Crippen LogP contribution in [0.3, 0.4) is 0 Å². The minimum Gasteiger partial charge on any atom is -0.491 e. The molecule has 25 heavy (non-hydrogen) atoms. The second-order valence-corrected chi connectivity index (χ2v) is 9.80. The predicted octanol–water partition coefficient (Wildman–Crippen LogP) is 2.09. The molecule has 6 nitrogen and oxygen atoms in total. The Morgan fingerprint density at radius 2 is 1.92 bits per heavy atom. The van der Waals surface area contributed by atoms with Crippen LogP contribution in [-0.4, -0.2) is 63.6 Å². The van der Waals surface area contributed by atoms with Crippen LogP contribution in [0.1, 0.15) is 26.3 Å². The molecule has 0 bridgehead atoms. The van der Waals surface area contributed by atoms with E-state index in [1.165, 1.54) is 0 Å². The monoisotopic (exact) mass is 369 g/mol. The van der Waals surface area contributed by atoms with Crippen molar-refractivity contribution in [2.24, 2.45) is 4.99 Å². The first-order valence-corrected chi connectivity index (χ1v) is 10.1. The second-order valence-electron chi connectivity index (χ2n) is 6.94. The topological polar surface area (TPSA) is 71.0 Å². The summed E-state index contributed by atoms with van der Waals surface area (Å²) >= 11 is 0. The molecule has 1 aromatic carbocycles. The first-order chi connectivity index (χ1) is 11.6. The predicted molar refractivity (Wildman–Crippen MR) is 104 cm³/mol. The molecule has 0 spiro atoms. The number of guanidine groups is 1. The van der Waals surface area contributed by atoms with Gasteiger partial charge in [-0.05, 0) is 39.3 Å². The highest BCUT2D eigenvalue weighted by Gasteiger charge is 2.28. The number of rotatable bonds is 7. The molecule has 7 heteroatoms. The van der Waals surface area contributed by atoms with Gasteiger partial charge in [0.15, 0.2) is 15.8 Å². The Kier molecular flexibility index (Phi) is 7.73. The Morgan fingerprint density at radius 1 is 1.28 bits per heavy atom. The van der Waals surface area contributed by atoms with E-state index in [9.17, 15) is 8.42 Å². The molecule has 0 saturated carbocycles. The van der Waals surface area contributed by atoms with Crippen molar-refractivity contribution in [2.45, 2.75) is 32.4 Å². The molecule has 0 amide bonds. The van der Waals surface area contributed by atoms with Gasteiger partial charge in [0, 0.05) is 20.6 Å². The van der Waals surface area contributed by atoms with Crippen LogP contribution in [0.2, 0.25) is 0 Å². The van der Waals surface area contributed by atoms with E-state index in [1.807, 2.05) is 43.1 Å². The fraction of sp³-hybridized carbons (Fsp3) is 0.611. The van der Waals surface area contributed by atoms with Gasteiger partial charge in [0.05, 0.1) is 17.0 Å². The Balaban J connectivity index is 2.45. The fourth-order valence-electron chi connectivity index (χ4n) is 2.10. The summed E-state index contributed by atoms with van der Waals surface area (Å²) in [6, 6.07) is 7.88. The number of benzene rings is 1. The van der Waals surface area contributed by atoms with E-state index < -0.39 is 14.6 Å². The van der Waals surface area contributed by atoms with Crippen molar-refractivity contribution in [2.75, 3.05) is 39.5 Å². The van der Waals surface area contributed by atoms with Crippen LogP contribution in [0.4, 0.5) is 0 Å². The molecule has 1 N–H and O–H groups in total. The van der Waals surface area contributed by atoms with Gasteiger partial charge in [0.25, 0.3) is 0 Å². The average molecular weight is 370 g/mol. The van der Waals surface area contributed by atoms with E-state index >= 15 is 0 Å². The van der Waals surface area contributed by atoms with Crippen LogP contribution in [0, 0.1) is 6.92 Å². The lowest BCUT2D eigenvalue weighted by molar-refractivity contribution is 0.280. The van der Waals surface area contributed by atoms with Crippen molar-refractivity contribution < 1.29 is 13.2 Å². The highest BCUT2D eigenvalue weighted by molar-refractivity contribution is 7.92. The maximum atomic E-state index is 12.1. The summed E-state index contributed by atoms with van der Waals surface area (Å²) in [6.45, 7) is 8.64. The van der Waals surface area contributed by atoms with Gasteiger partial charge in [-0.3, -0.25) is 4.99 Å². The number of hydrogen-bond donors (Lipinski definition) is 1. The van der Waals surface area contributed by atoms with Crippen molar-refractivity contribution >= 4 is 15.8 Å². The van der Waals surface area contributed by atoms with Gasteiger partial charge >= 0.3 is 0 Å². The summed E-state index contributed by atoms with van der Waals surface area (Å²) in [4.78, 5) is 6.11. The zero-order chi connectivity index (χ0) is 19.1. The maximum Gasteiger partial charge on any atom is 0.193 e. The van der Waals surface area contributed by atoms with Crippen LogP contribution in [0.15, 0.2) is 29.3 Å². The van der Waals surface area contributed by atoms with Gasteiger partial charge in [0.1, 0.15) is 12.4 Å². The van der Waals surface area contributed by atoms with Crippen LogP contribution in [0.5, 0.6) is 5.75 Å². The van der Waals surface area contributed by atoms with Crippen LogP contribution in [0.25, 0.3) is 0 Å². The number of aryl methyl sites for hydroxylation is 1. The first-order valence-electron chi connectivity index (χ1n) is 8.41. The van der Waals surface area contributed by atoms with E-state index in [0.29, 0.717) is 25.7 Å². The van der Waals surface area contributed by atoms with Gasteiger partial charge in [-0.2, -0.15) is 0 Å². The number of hydrogen-bond acceptors (Lipinski definition) is 4. The largest absolute Gasteiger partial charge is 0.491 e. The number of para-hydroxylation sites is 1. The summed E-state index contributed by atoms with van der Waals surface area (Å²) in [6.07, 6.45) is 0. The van der Waals surface area contributed by atoms with Crippen molar-refractivity contribution in [1.82, 2.24) is 10.2 Å². The molecule has 0 heterocycles. The number of nitrogens with zero attached hydrogens (tertiary/aromatic N) is 2. The third-order valence-electron chi connectivity index (χ3n) is 3.94. The zero-order valence-electron chi connectivity index (χ0n) is 16.2. The van der Waals surface area contributed by atoms with E-state index in [4.69, 9.17) is 4.74 Å². The zero-order valence-corrected chi connectivity index (χ0v) is 17.0. The SMILES string of the molecule is CN=C(NCCS(=O)(=O)C(C)(C)C)N(C)CCOc1ccccc1C. The minimum absolute atomic E-state index is 0.0725. The smallest absolute Gasteiger partial charge is 0.193 e. The quantitative estimate of drug-likeness (QED) is 0.589. The summed E-state index contributed by atoms with van der Waals surface area (Å²) < 4.78 is 29.3. The first kappa shape index (κ1) is 21.3. The molecule has 1 rings (SSSR count). The molecule has 0 fully saturated rings. The Bertz CT molecular complexity index is 679. The number of likely N-dealkylation sites (N-methyl/N-ethyl adjacent to an activating group) is 1. The summed E-state index contributed by atoms with van der Waals surface area (Å²) in [5, 5.41) is 3.10. The van der Waals surface area contributed by atoms with Crippen molar-refractivity contribution in [3.05, 3.63) is 29.8 Å². The number of sulfone groups is 1. The maximum absolute atomic E-state index is 12.1. The Morgan fingerprint density at radius 3 is 2.48 bits per heavy atom. The van der Waals surface area contributed by atoms with Crippen LogP contribution >= 0.6 is 0 Å². The molecule has 0 saturated heterocycles. The summed E-state index contributed by atoms with van der Waals surface area (Å²) in [5.74, 6) is 1.59. The molecule has 0 atom stereocenters. The standard InChI is InChI=1S/C18H31N3O3S/c1-15-9-7-8-10-16(15)24-13-12-21(6)17(19-5)20-11-14-25(22,23)18(2,3)4/h7-10H,11-14H2,1-6H3,(H,19,20). The summed E-state index contributed by atoms with van der Waals surface area (Å²) in [7, 11) is 0.432. The Hall–Kier alpha value is -1.76. The molecule has 0 unspecified atom stereocenters. The van der Waals surface area contributed by atoms with E-state index in [0.717, 1.165) is 11.3 Å². The molecule has 0 aliphatic carbocycles. The molecule has 1 aromatic rings. The number of nitrogens with one attached hydrogen (secondary N) is 1. The molecular weight excluding hydrogens is 338 g/mol. The van der Waals surface area contributed by atoms with E-state index in [-0.39, 0.29) is 5.75 Å². The molecule has 0 aliphatic heterocycles. The van der Waals surface area contributed by atoms with Crippen molar-refractivity contribution in [1.29, 1.82) is 0 Å². The lowest BCUT2D eigenvalue weighted by Crippen LogP contribution is -2.43. The van der Waals surface area contributed by atoms with E-state index in [2.05, 4.69) is 10.3 Å². The molecule has 0 aromatic heterocycles. The lowest BCUT2D eigenvalue weighted by Gasteiger charge is -2.23. The molecule has 0 radical (unpaired) electrons. The van der Waals surface area contributed by atoms with Crippen LogP contribution in [-0.2, 0) is 9.84 Å². The average Bonchev–Trinajstić information content (AvgIpc) is 2.52. The normalized spacial score (nSPS) is 12.8. The number of ether oxygens (including phenoxy) is 1. The third-order valence-corrected chi connectivity index (χ3v) is 6.55. The highest BCUT2D eigenvalue weighted by atomic mass is 32.2. The van der Waals surface area contributed by atoms with Crippen molar-refractivity contribution in [3.8, 4) is 5.75 Å². The van der Waals surface area contributed by atoms with Gasteiger partial charge in [-0.15, -0.1) is 0 Å². The van der Waals surface area contributed by atoms with Gasteiger partial charge in [-0.25, -0.2) is 8.42 Å². The van der Waals surface area contributed by atoms with Crippen molar-refractivity contribution in [3.63, 3.8) is 0 Å². The third kappa shape index (κ3) is 6.57. The summed E-state index contributed by atoms with van der Waals surface area (Å²) in [5.41, 5.74) is 1.10. The number of aliphatic imine (C=N–C) groups is 1. The van der Waals surface area contributed by atoms with Gasteiger partial charge in [-0.1, -0.05) is 18.2 Å². The Labute approximate surface area is 152 Å².